The number of hydrogen-bond acceptors (Lipinski definition) is 7. The molecule has 186 valence electrons. The minimum atomic E-state index is -0.596. The van der Waals surface area contributed by atoms with Gasteiger partial charge in [0.25, 0.3) is 0 Å². The number of nitrogens with one attached hydrogen (secondary N) is 1. The van der Waals surface area contributed by atoms with E-state index in [2.05, 4.69) is 30.5 Å². The van der Waals surface area contributed by atoms with E-state index in [1.54, 1.807) is 18.5 Å². The molecule has 6 heterocycles. The molecule has 0 saturated carbocycles. The molecule has 3 aliphatic rings. The van der Waals surface area contributed by atoms with Crippen LogP contribution in [0.1, 0.15) is 42.3 Å². The lowest BCUT2D eigenvalue weighted by Crippen LogP contribution is -2.39. The molecule has 1 aromatic carbocycles. The molecule has 0 aliphatic carbocycles. The summed E-state index contributed by atoms with van der Waals surface area (Å²) < 4.78 is 22.3. The molecule has 0 unspecified atom stereocenters. The van der Waals surface area contributed by atoms with Crippen molar-refractivity contribution in [3.63, 3.8) is 0 Å². The lowest BCUT2D eigenvalue weighted by molar-refractivity contribution is -0.129. The summed E-state index contributed by atoms with van der Waals surface area (Å²) in [7, 11) is 0. The van der Waals surface area contributed by atoms with Crippen molar-refractivity contribution in [2.24, 2.45) is 0 Å². The van der Waals surface area contributed by atoms with Crippen molar-refractivity contribution in [2.75, 3.05) is 6.61 Å². The Bertz CT molecular complexity index is 1570. The Labute approximate surface area is 215 Å². The van der Waals surface area contributed by atoms with Gasteiger partial charge in [0.15, 0.2) is 5.82 Å². The van der Waals surface area contributed by atoms with E-state index in [9.17, 15) is 4.79 Å². The Morgan fingerprint density at radius 2 is 2.11 bits per heavy atom. The summed E-state index contributed by atoms with van der Waals surface area (Å²) >= 11 is 6.12. The molecule has 10 nitrogen and oxygen atoms in total. The summed E-state index contributed by atoms with van der Waals surface area (Å²) in [5.74, 6) is 0.608. The fourth-order valence-corrected chi connectivity index (χ4v) is 5.85. The van der Waals surface area contributed by atoms with Crippen molar-refractivity contribution in [2.45, 2.75) is 37.8 Å². The van der Waals surface area contributed by atoms with E-state index >= 15 is 4.39 Å². The van der Waals surface area contributed by atoms with E-state index in [0.29, 0.717) is 30.2 Å². The van der Waals surface area contributed by atoms with Crippen LogP contribution in [-0.2, 0) is 11.2 Å². The number of tetrazole rings is 1. The zero-order chi connectivity index (χ0) is 25.1. The largest absolute Gasteiger partial charge is 0.477 e. The number of carbonyl (C=O) groups excluding carboxylic acids is 1. The van der Waals surface area contributed by atoms with E-state index in [-0.39, 0.29) is 28.6 Å². The normalized spacial score (nSPS) is 20.5. The lowest BCUT2D eigenvalue weighted by atomic mass is 9.92. The van der Waals surface area contributed by atoms with Gasteiger partial charge in [-0.1, -0.05) is 11.6 Å². The highest BCUT2D eigenvalue weighted by Crippen LogP contribution is 2.44. The van der Waals surface area contributed by atoms with E-state index in [1.807, 2.05) is 11.0 Å². The van der Waals surface area contributed by atoms with Gasteiger partial charge in [0.05, 0.1) is 35.2 Å². The number of aromatic amines is 1. The fraction of sp³-hybridized carbons (Fsp3) is 0.280. The molecule has 0 radical (unpaired) electrons. The molecule has 3 aliphatic heterocycles. The fourth-order valence-electron chi connectivity index (χ4n) is 5.69. The smallest absolute Gasteiger partial charge is 0.247 e. The second-order valence-electron chi connectivity index (χ2n) is 9.30. The minimum Gasteiger partial charge on any atom is -0.477 e. The van der Waals surface area contributed by atoms with Crippen LogP contribution in [-0.4, -0.2) is 58.6 Å². The van der Waals surface area contributed by atoms with Crippen LogP contribution in [0.5, 0.6) is 5.88 Å². The predicted octanol–water partition coefficient (Wildman–Crippen LogP) is 3.69. The number of aromatic nitrogens is 7. The van der Waals surface area contributed by atoms with Crippen LogP contribution in [0, 0.1) is 5.82 Å². The van der Waals surface area contributed by atoms with E-state index in [0.717, 1.165) is 41.9 Å². The Balaban J connectivity index is 1.21. The SMILES string of the molecule is O=C1C=C(c2c(-n3cnnn3)ccc(Cl)c2F)C[C@H]2CC[C@@H](c3ncc(-c4ccnc5c4CCO5)[nH]3)N12. The molecule has 1 N–H and O–H groups in total. The zero-order valence-electron chi connectivity index (χ0n) is 19.4. The molecule has 1 fully saturated rings. The highest BCUT2D eigenvalue weighted by atomic mass is 35.5. The molecule has 0 bridgehead atoms. The molecule has 3 aromatic heterocycles. The van der Waals surface area contributed by atoms with E-state index in [4.69, 9.17) is 16.3 Å². The number of carbonyl (C=O) groups is 1. The van der Waals surface area contributed by atoms with Crippen LogP contribution in [0.2, 0.25) is 5.02 Å². The van der Waals surface area contributed by atoms with Gasteiger partial charge in [0.1, 0.15) is 12.2 Å². The quantitative estimate of drug-likeness (QED) is 0.438. The maximum atomic E-state index is 15.3. The topological polar surface area (TPSA) is 115 Å². The first-order valence-corrected chi connectivity index (χ1v) is 12.4. The first kappa shape index (κ1) is 22.1. The summed E-state index contributed by atoms with van der Waals surface area (Å²) in [5.41, 5.74) is 4.18. The minimum absolute atomic E-state index is 0.0250. The summed E-state index contributed by atoms with van der Waals surface area (Å²) in [6.45, 7) is 0.615. The molecule has 1 amide bonds. The maximum Gasteiger partial charge on any atom is 0.247 e. The molecular weight excluding hydrogens is 499 g/mol. The van der Waals surface area contributed by atoms with Crippen molar-refractivity contribution in [1.82, 2.24) is 40.1 Å². The van der Waals surface area contributed by atoms with Gasteiger partial charge in [-0.2, -0.15) is 4.68 Å². The predicted molar refractivity (Wildman–Crippen MR) is 130 cm³/mol. The number of pyridine rings is 1. The summed E-state index contributed by atoms with van der Waals surface area (Å²) in [5, 5.41) is 11.2. The first-order valence-electron chi connectivity index (χ1n) is 12.0. The van der Waals surface area contributed by atoms with Crippen molar-refractivity contribution >= 4 is 23.1 Å². The van der Waals surface area contributed by atoms with Gasteiger partial charge in [0, 0.05) is 41.4 Å². The number of nitrogens with zero attached hydrogens (tertiary/aromatic N) is 7. The van der Waals surface area contributed by atoms with Gasteiger partial charge in [-0.15, -0.1) is 5.10 Å². The zero-order valence-corrected chi connectivity index (χ0v) is 20.2. The Hall–Kier alpha value is -4.12. The van der Waals surface area contributed by atoms with Gasteiger partial charge in [-0.3, -0.25) is 4.79 Å². The Morgan fingerprint density at radius 1 is 1.19 bits per heavy atom. The van der Waals surface area contributed by atoms with Crippen LogP contribution >= 0.6 is 11.6 Å². The molecule has 1 saturated heterocycles. The highest BCUT2D eigenvalue weighted by Gasteiger charge is 2.42. The van der Waals surface area contributed by atoms with Gasteiger partial charge >= 0.3 is 0 Å². The van der Waals surface area contributed by atoms with Crippen molar-refractivity contribution in [3.05, 3.63) is 70.8 Å². The molecular formula is C25H20ClFN8O2. The molecule has 7 rings (SSSR count). The van der Waals surface area contributed by atoms with Crippen molar-refractivity contribution in [3.8, 4) is 22.8 Å². The van der Waals surface area contributed by atoms with Crippen LogP contribution in [0.25, 0.3) is 22.5 Å². The number of rotatable bonds is 4. The maximum absolute atomic E-state index is 15.3. The van der Waals surface area contributed by atoms with Crippen LogP contribution in [0.15, 0.2) is 43.0 Å². The number of amides is 1. The average Bonchev–Trinajstić information content (AvgIpc) is 3.71. The highest BCUT2D eigenvalue weighted by molar-refractivity contribution is 6.31. The number of benzene rings is 1. The number of halogens is 2. The Morgan fingerprint density at radius 3 is 2.97 bits per heavy atom. The van der Waals surface area contributed by atoms with E-state index in [1.165, 1.54) is 23.2 Å². The number of ether oxygens (including phenoxy) is 1. The number of imidazole rings is 1. The standard InChI is InChI=1S/C25H20ClFN8O2/c26-17-2-4-19(34-12-30-32-33-34)22(23(17)27)13-9-14-1-3-20(35(14)21(36)10-13)24-29-11-18(31-24)15-5-7-28-25-16(15)6-8-37-25/h2,4-5,7,10-12,14,20H,1,3,6,8-9H2,(H,29,31)/t14-,20+/m1/s1. The first-order chi connectivity index (χ1) is 18.1. The molecule has 12 heteroatoms. The molecule has 2 atom stereocenters. The number of hydrogen-bond donors (Lipinski definition) is 1. The number of fused-ring (bicyclic) bond motifs is 2. The lowest BCUT2D eigenvalue weighted by Gasteiger charge is -2.33. The Kier molecular flexibility index (Phi) is 5.07. The van der Waals surface area contributed by atoms with Crippen molar-refractivity contribution in [1.29, 1.82) is 0 Å². The molecule has 0 spiro atoms. The van der Waals surface area contributed by atoms with Gasteiger partial charge in [-0.25, -0.2) is 14.4 Å². The third-order valence-corrected chi connectivity index (χ3v) is 7.60. The third kappa shape index (κ3) is 3.52. The monoisotopic (exact) mass is 518 g/mol. The van der Waals surface area contributed by atoms with Gasteiger partial charge in [0.2, 0.25) is 11.8 Å². The second-order valence-corrected chi connectivity index (χ2v) is 9.71. The van der Waals surface area contributed by atoms with Gasteiger partial charge < -0.3 is 14.6 Å². The van der Waals surface area contributed by atoms with Crippen molar-refractivity contribution < 1.29 is 13.9 Å². The molecule has 37 heavy (non-hydrogen) atoms. The summed E-state index contributed by atoms with van der Waals surface area (Å²) in [6.07, 6.45) is 9.20. The summed E-state index contributed by atoms with van der Waals surface area (Å²) in [6, 6.07) is 4.77. The van der Waals surface area contributed by atoms with Gasteiger partial charge in [-0.05, 0) is 53.5 Å². The third-order valence-electron chi connectivity index (χ3n) is 7.31. The average molecular weight is 519 g/mol. The summed E-state index contributed by atoms with van der Waals surface area (Å²) in [4.78, 5) is 27.7. The van der Waals surface area contributed by atoms with E-state index < -0.39 is 5.82 Å². The molecule has 4 aromatic rings. The van der Waals surface area contributed by atoms with Crippen LogP contribution in [0.4, 0.5) is 4.39 Å². The van der Waals surface area contributed by atoms with Crippen LogP contribution < -0.4 is 4.74 Å². The van der Waals surface area contributed by atoms with Crippen LogP contribution in [0.3, 0.4) is 0 Å². The number of H-pyrrole nitrogens is 1. The second kappa shape index (κ2) is 8.48.